The molecular weight excluding hydrogens is 343 g/mol. The molecule has 2 aromatic carbocycles. The fourth-order valence-corrected chi connectivity index (χ4v) is 3.02. The quantitative estimate of drug-likeness (QED) is 0.488. The van der Waals surface area contributed by atoms with Gasteiger partial charge in [0.2, 0.25) is 0 Å². The summed E-state index contributed by atoms with van der Waals surface area (Å²) in [6, 6.07) is 10.2. The fourth-order valence-electron chi connectivity index (χ4n) is 1.90. The number of thiazole rings is 1. The van der Waals surface area contributed by atoms with Gasteiger partial charge in [-0.3, -0.25) is 10.2 Å². The SMILES string of the molecule is NNc1nc2ccc(NC(=O)c3ccc(Cl)c(Cl)c3)cc2s1. The van der Waals surface area contributed by atoms with Gasteiger partial charge in [0.25, 0.3) is 5.91 Å². The predicted molar refractivity (Wildman–Crippen MR) is 91.8 cm³/mol. The molecule has 0 unspecified atom stereocenters. The van der Waals surface area contributed by atoms with Crippen LogP contribution in [0.3, 0.4) is 0 Å². The standard InChI is InChI=1S/C14H10Cl2N4OS/c15-9-3-1-7(5-10(9)16)13(21)18-8-2-4-11-12(6-8)22-14(19-11)20-17/h1-6H,17H2,(H,18,21)(H,19,20). The summed E-state index contributed by atoms with van der Waals surface area (Å²) in [5, 5.41) is 4.17. The van der Waals surface area contributed by atoms with E-state index in [1.807, 2.05) is 12.1 Å². The predicted octanol–water partition coefficient (Wildman–Crippen LogP) is 4.14. The second-order valence-electron chi connectivity index (χ2n) is 4.43. The number of hydrogen-bond acceptors (Lipinski definition) is 5. The lowest BCUT2D eigenvalue weighted by atomic mass is 10.2. The van der Waals surface area contributed by atoms with Crippen LogP contribution in [0.2, 0.25) is 10.0 Å². The van der Waals surface area contributed by atoms with E-state index in [0.717, 1.165) is 10.2 Å². The Labute approximate surface area is 140 Å². The Morgan fingerprint density at radius 1 is 1.14 bits per heavy atom. The number of nitrogens with zero attached hydrogens (tertiary/aromatic N) is 1. The van der Waals surface area contributed by atoms with Gasteiger partial charge in [-0.25, -0.2) is 10.8 Å². The van der Waals surface area contributed by atoms with Gasteiger partial charge >= 0.3 is 0 Å². The van der Waals surface area contributed by atoms with Gasteiger partial charge in [-0.15, -0.1) is 0 Å². The van der Waals surface area contributed by atoms with Crippen molar-refractivity contribution in [3.63, 3.8) is 0 Å². The Bertz CT molecular complexity index is 865. The van der Waals surface area contributed by atoms with Crippen LogP contribution in [0.1, 0.15) is 10.4 Å². The van der Waals surface area contributed by atoms with Crippen LogP contribution in [0.5, 0.6) is 0 Å². The number of halogens is 2. The molecule has 1 amide bonds. The number of nitrogens with one attached hydrogen (secondary N) is 2. The van der Waals surface area contributed by atoms with Crippen LogP contribution in [-0.2, 0) is 0 Å². The molecule has 0 saturated heterocycles. The lowest BCUT2D eigenvalue weighted by Gasteiger charge is -2.06. The molecule has 0 radical (unpaired) electrons. The third-order valence-electron chi connectivity index (χ3n) is 2.95. The monoisotopic (exact) mass is 352 g/mol. The van der Waals surface area contributed by atoms with Crippen molar-refractivity contribution in [2.24, 2.45) is 5.84 Å². The Kier molecular flexibility index (Phi) is 4.17. The number of hydrazine groups is 1. The van der Waals surface area contributed by atoms with Crippen LogP contribution >= 0.6 is 34.5 Å². The van der Waals surface area contributed by atoms with Gasteiger partial charge in [-0.1, -0.05) is 34.5 Å². The van der Waals surface area contributed by atoms with Crippen molar-refractivity contribution in [2.45, 2.75) is 0 Å². The Morgan fingerprint density at radius 3 is 2.68 bits per heavy atom. The summed E-state index contributed by atoms with van der Waals surface area (Å²) in [6.45, 7) is 0. The molecule has 3 aromatic rings. The number of nitrogens with two attached hydrogens (primary N) is 1. The number of carbonyl (C=O) groups excluding carboxylic acids is 1. The summed E-state index contributed by atoms with van der Waals surface area (Å²) in [5.41, 5.74) is 4.41. The highest BCUT2D eigenvalue weighted by molar-refractivity contribution is 7.22. The van der Waals surface area contributed by atoms with Crippen LogP contribution in [0.4, 0.5) is 10.8 Å². The van der Waals surface area contributed by atoms with Crippen LogP contribution in [0.15, 0.2) is 36.4 Å². The van der Waals surface area contributed by atoms with Crippen molar-refractivity contribution in [2.75, 3.05) is 10.7 Å². The molecule has 5 nitrogen and oxygen atoms in total. The minimum Gasteiger partial charge on any atom is -0.322 e. The van der Waals surface area contributed by atoms with Crippen molar-refractivity contribution >= 4 is 61.5 Å². The zero-order valence-electron chi connectivity index (χ0n) is 11.1. The minimum atomic E-state index is -0.264. The van der Waals surface area contributed by atoms with Gasteiger partial charge < -0.3 is 5.32 Å². The summed E-state index contributed by atoms with van der Waals surface area (Å²) < 4.78 is 0.917. The smallest absolute Gasteiger partial charge is 0.255 e. The van der Waals surface area contributed by atoms with Crippen LogP contribution in [0.25, 0.3) is 10.2 Å². The Hall–Kier alpha value is -1.86. The average molecular weight is 353 g/mol. The molecular formula is C14H10Cl2N4OS. The van der Waals surface area contributed by atoms with E-state index < -0.39 is 0 Å². The third-order valence-corrected chi connectivity index (χ3v) is 4.64. The minimum absolute atomic E-state index is 0.264. The van der Waals surface area contributed by atoms with Gasteiger partial charge in [-0.2, -0.15) is 0 Å². The average Bonchev–Trinajstić information content (AvgIpc) is 2.92. The lowest BCUT2D eigenvalue weighted by Crippen LogP contribution is -2.11. The Balaban J connectivity index is 1.85. The molecule has 1 heterocycles. The number of nitrogen functional groups attached to an aromatic ring is 1. The fraction of sp³-hybridized carbons (Fsp3) is 0. The molecule has 0 atom stereocenters. The van der Waals surface area contributed by atoms with Crippen molar-refractivity contribution in [3.05, 3.63) is 52.0 Å². The number of fused-ring (bicyclic) bond motifs is 1. The molecule has 3 rings (SSSR count). The normalized spacial score (nSPS) is 10.7. The first-order valence-electron chi connectivity index (χ1n) is 6.20. The zero-order valence-corrected chi connectivity index (χ0v) is 13.4. The maximum Gasteiger partial charge on any atom is 0.255 e. The number of rotatable bonds is 3. The van der Waals surface area contributed by atoms with Crippen molar-refractivity contribution in [1.82, 2.24) is 4.98 Å². The summed E-state index contributed by atoms with van der Waals surface area (Å²) in [5.74, 6) is 5.08. The zero-order chi connectivity index (χ0) is 15.7. The first kappa shape index (κ1) is 15.1. The number of carbonyl (C=O) groups is 1. The van der Waals surface area contributed by atoms with Gasteiger partial charge in [-0.05, 0) is 36.4 Å². The van der Waals surface area contributed by atoms with Gasteiger partial charge in [0.05, 0.1) is 20.3 Å². The van der Waals surface area contributed by atoms with E-state index in [-0.39, 0.29) is 5.91 Å². The van der Waals surface area contributed by atoms with E-state index in [1.165, 1.54) is 17.4 Å². The highest BCUT2D eigenvalue weighted by Crippen LogP contribution is 2.28. The molecule has 1 aromatic heterocycles. The number of benzene rings is 2. The van der Waals surface area contributed by atoms with Gasteiger partial charge in [0, 0.05) is 11.3 Å². The van der Waals surface area contributed by atoms with E-state index in [1.54, 1.807) is 18.2 Å². The Morgan fingerprint density at radius 2 is 1.95 bits per heavy atom. The highest BCUT2D eigenvalue weighted by Gasteiger charge is 2.10. The molecule has 8 heteroatoms. The molecule has 0 bridgehead atoms. The lowest BCUT2D eigenvalue weighted by molar-refractivity contribution is 0.102. The molecule has 0 fully saturated rings. The van der Waals surface area contributed by atoms with E-state index in [2.05, 4.69) is 15.7 Å². The first-order chi connectivity index (χ1) is 10.6. The van der Waals surface area contributed by atoms with E-state index in [0.29, 0.717) is 26.4 Å². The largest absolute Gasteiger partial charge is 0.322 e. The number of amides is 1. The van der Waals surface area contributed by atoms with Crippen LogP contribution in [-0.4, -0.2) is 10.9 Å². The molecule has 0 aliphatic rings. The second kappa shape index (κ2) is 6.10. The maximum atomic E-state index is 12.2. The van der Waals surface area contributed by atoms with Crippen molar-refractivity contribution in [1.29, 1.82) is 0 Å². The van der Waals surface area contributed by atoms with Gasteiger partial charge in [0.1, 0.15) is 0 Å². The molecule has 112 valence electrons. The molecule has 4 N–H and O–H groups in total. The summed E-state index contributed by atoms with van der Waals surface area (Å²) >= 11 is 13.2. The van der Waals surface area contributed by atoms with E-state index in [9.17, 15) is 4.79 Å². The summed E-state index contributed by atoms with van der Waals surface area (Å²) in [6.07, 6.45) is 0. The van der Waals surface area contributed by atoms with Crippen molar-refractivity contribution in [3.8, 4) is 0 Å². The van der Waals surface area contributed by atoms with E-state index in [4.69, 9.17) is 29.0 Å². The maximum absolute atomic E-state index is 12.2. The summed E-state index contributed by atoms with van der Waals surface area (Å²) in [4.78, 5) is 16.5. The molecule has 0 spiro atoms. The van der Waals surface area contributed by atoms with E-state index >= 15 is 0 Å². The molecule has 0 saturated carbocycles. The second-order valence-corrected chi connectivity index (χ2v) is 6.27. The number of aromatic nitrogens is 1. The molecule has 0 aliphatic carbocycles. The van der Waals surface area contributed by atoms with Gasteiger partial charge in [0.15, 0.2) is 5.13 Å². The van der Waals surface area contributed by atoms with Crippen LogP contribution < -0.4 is 16.6 Å². The highest BCUT2D eigenvalue weighted by atomic mass is 35.5. The summed E-state index contributed by atoms with van der Waals surface area (Å²) in [7, 11) is 0. The topological polar surface area (TPSA) is 80.0 Å². The first-order valence-corrected chi connectivity index (χ1v) is 7.77. The third kappa shape index (κ3) is 3.00. The number of anilines is 2. The van der Waals surface area contributed by atoms with Crippen molar-refractivity contribution < 1.29 is 4.79 Å². The number of hydrogen-bond donors (Lipinski definition) is 3. The molecule has 0 aliphatic heterocycles. The van der Waals surface area contributed by atoms with Crippen LogP contribution in [0, 0.1) is 0 Å². The molecule has 22 heavy (non-hydrogen) atoms.